The molecule has 180 valence electrons. The second-order valence-electron chi connectivity index (χ2n) is 7.94. The third kappa shape index (κ3) is 4.24. The third-order valence-corrected chi connectivity index (χ3v) is 7.93. The summed E-state index contributed by atoms with van der Waals surface area (Å²) in [6.07, 6.45) is 3.34. The van der Waals surface area contributed by atoms with Gasteiger partial charge in [-0.05, 0) is 25.5 Å². The second kappa shape index (κ2) is 9.43. The molecular formula is C23H26N4O6S. The Morgan fingerprint density at radius 1 is 1.03 bits per heavy atom. The summed E-state index contributed by atoms with van der Waals surface area (Å²) < 4.78 is 39.9. The van der Waals surface area contributed by atoms with Gasteiger partial charge in [0.15, 0.2) is 6.04 Å². The van der Waals surface area contributed by atoms with Crippen LogP contribution in [0.2, 0.25) is 0 Å². The molecule has 11 heteroatoms. The molecule has 0 aliphatic carbocycles. The number of amides is 1. The van der Waals surface area contributed by atoms with Crippen molar-refractivity contribution >= 4 is 21.9 Å². The molecule has 0 N–H and O–H groups in total. The van der Waals surface area contributed by atoms with Gasteiger partial charge in [0, 0.05) is 38.6 Å². The number of sulfonamides is 1. The van der Waals surface area contributed by atoms with E-state index >= 15 is 0 Å². The van der Waals surface area contributed by atoms with Crippen molar-refractivity contribution in [3.05, 3.63) is 71.4 Å². The van der Waals surface area contributed by atoms with Crippen molar-refractivity contribution in [2.45, 2.75) is 24.8 Å². The summed E-state index contributed by atoms with van der Waals surface area (Å²) in [6, 6.07) is 10.4. The van der Waals surface area contributed by atoms with Gasteiger partial charge in [0.05, 0.1) is 7.11 Å². The highest BCUT2D eigenvalue weighted by molar-refractivity contribution is 7.89. The van der Waals surface area contributed by atoms with Crippen LogP contribution in [-0.2, 0) is 19.6 Å². The molecule has 1 unspecified atom stereocenters. The molecule has 3 aromatic rings. The molecule has 1 saturated heterocycles. The topological polar surface area (TPSA) is 115 Å². The van der Waals surface area contributed by atoms with Crippen molar-refractivity contribution in [2.24, 2.45) is 0 Å². The number of aromatic nitrogens is 2. The molecule has 2 aromatic heterocycles. The summed E-state index contributed by atoms with van der Waals surface area (Å²) in [7, 11) is -2.85. The van der Waals surface area contributed by atoms with Gasteiger partial charge in [0.1, 0.15) is 22.0 Å². The van der Waals surface area contributed by atoms with E-state index in [0.717, 1.165) is 5.56 Å². The number of carbonyl (C=O) groups is 2. The molecule has 1 atom stereocenters. The average molecular weight is 487 g/mol. The Kier molecular flexibility index (Phi) is 6.58. The minimum Gasteiger partial charge on any atom is -0.465 e. The number of benzene rings is 1. The van der Waals surface area contributed by atoms with E-state index in [1.54, 1.807) is 28.0 Å². The summed E-state index contributed by atoms with van der Waals surface area (Å²) in [4.78, 5) is 27.2. The van der Waals surface area contributed by atoms with Crippen molar-refractivity contribution in [1.82, 2.24) is 19.0 Å². The van der Waals surface area contributed by atoms with Crippen LogP contribution in [0.4, 0.5) is 0 Å². The fourth-order valence-electron chi connectivity index (χ4n) is 4.24. The molecule has 1 fully saturated rings. The van der Waals surface area contributed by atoms with Crippen LogP contribution in [0.1, 0.15) is 33.5 Å². The van der Waals surface area contributed by atoms with Crippen molar-refractivity contribution in [2.75, 3.05) is 33.3 Å². The normalized spacial score (nSPS) is 15.8. The predicted molar refractivity (Wildman–Crippen MR) is 122 cm³/mol. The number of esters is 1. The molecule has 0 spiro atoms. The lowest BCUT2D eigenvalue weighted by atomic mass is 10.1. The summed E-state index contributed by atoms with van der Waals surface area (Å²) in [5.74, 6) is -0.634. The molecule has 4 rings (SSSR count). The number of aryl methyl sites for hydroxylation is 2. The van der Waals surface area contributed by atoms with E-state index in [0.29, 0.717) is 0 Å². The van der Waals surface area contributed by atoms with Crippen LogP contribution in [-0.4, -0.2) is 72.6 Å². The minimum absolute atomic E-state index is 0.0823. The largest absolute Gasteiger partial charge is 0.465 e. The summed E-state index contributed by atoms with van der Waals surface area (Å²) in [5, 5.41) is 4.26. The highest BCUT2D eigenvalue weighted by atomic mass is 32.2. The molecule has 1 aromatic carbocycles. The highest BCUT2D eigenvalue weighted by Gasteiger charge is 2.38. The lowest BCUT2D eigenvalue weighted by molar-refractivity contribution is -0.135. The molecular weight excluding hydrogens is 460 g/mol. The third-order valence-electron chi connectivity index (χ3n) is 5.88. The first-order valence-corrected chi connectivity index (χ1v) is 12.2. The molecule has 0 radical (unpaired) electrons. The zero-order valence-electron chi connectivity index (χ0n) is 19.2. The lowest BCUT2D eigenvalue weighted by Crippen LogP contribution is -2.52. The molecule has 34 heavy (non-hydrogen) atoms. The van der Waals surface area contributed by atoms with Crippen LogP contribution < -0.4 is 0 Å². The van der Waals surface area contributed by atoms with Gasteiger partial charge in [0.25, 0.3) is 5.91 Å². The Balaban J connectivity index is 1.55. The van der Waals surface area contributed by atoms with Gasteiger partial charge in [-0.2, -0.15) is 9.40 Å². The van der Waals surface area contributed by atoms with Crippen LogP contribution in [0.5, 0.6) is 0 Å². The minimum atomic E-state index is -4.04. The Labute approximate surface area is 197 Å². The Morgan fingerprint density at radius 3 is 2.29 bits per heavy atom. The molecule has 1 aliphatic rings. The van der Waals surface area contributed by atoms with Gasteiger partial charge in [-0.1, -0.05) is 30.3 Å². The van der Waals surface area contributed by atoms with Crippen LogP contribution in [0.25, 0.3) is 0 Å². The molecule has 1 aliphatic heterocycles. The fraction of sp³-hybridized carbons (Fsp3) is 0.348. The summed E-state index contributed by atoms with van der Waals surface area (Å²) in [5.41, 5.74) is 0.694. The van der Waals surface area contributed by atoms with Crippen molar-refractivity contribution < 1.29 is 27.2 Å². The number of furan rings is 1. The maximum Gasteiger partial charge on any atom is 0.342 e. The van der Waals surface area contributed by atoms with Crippen LogP contribution in [0.15, 0.2) is 58.1 Å². The van der Waals surface area contributed by atoms with Crippen molar-refractivity contribution in [3.8, 4) is 0 Å². The van der Waals surface area contributed by atoms with Crippen LogP contribution in [0.3, 0.4) is 0 Å². The zero-order chi connectivity index (χ0) is 24.5. The molecule has 1 amide bonds. The van der Waals surface area contributed by atoms with Gasteiger partial charge in [-0.25, -0.2) is 13.2 Å². The van der Waals surface area contributed by atoms with E-state index in [1.807, 2.05) is 30.3 Å². The second-order valence-corrected chi connectivity index (χ2v) is 9.81. The first-order chi connectivity index (χ1) is 16.3. The molecule has 0 bridgehead atoms. The maximum absolute atomic E-state index is 13.5. The Bertz CT molecular complexity index is 1280. The molecule has 3 heterocycles. The van der Waals surface area contributed by atoms with E-state index in [2.05, 4.69) is 5.10 Å². The van der Waals surface area contributed by atoms with Crippen LogP contribution >= 0.6 is 0 Å². The van der Waals surface area contributed by atoms with E-state index in [-0.39, 0.29) is 54.1 Å². The SMILES string of the molecule is COC(=O)c1c(C)oc(C)c1S(=O)(=O)N1CCN(C(=O)C(c2ccccc2)n2cccn2)CC1. The van der Waals surface area contributed by atoms with Gasteiger partial charge >= 0.3 is 5.97 Å². The maximum atomic E-state index is 13.5. The Morgan fingerprint density at radius 2 is 1.71 bits per heavy atom. The smallest absolute Gasteiger partial charge is 0.342 e. The lowest BCUT2D eigenvalue weighted by Gasteiger charge is -2.35. The van der Waals surface area contributed by atoms with E-state index in [9.17, 15) is 18.0 Å². The van der Waals surface area contributed by atoms with E-state index in [1.165, 1.54) is 25.3 Å². The van der Waals surface area contributed by atoms with Gasteiger partial charge < -0.3 is 14.1 Å². The number of hydrogen-bond donors (Lipinski definition) is 0. The van der Waals surface area contributed by atoms with Crippen LogP contribution in [0, 0.1) is 13.8 Å². The number of hydrogen-bond acceptors (Lipinski definition) is 7. The number of nitrogens with zero attached hydrogens (tertiary/aromatic N) is 4. The molecule has 0 saturated carbocycles. The highest BCUT2D eigenvalue weighted by Crippen LogP contribution is 2.31. The zero-order valence-corrected chi connectivity index (χ0v) is 20.0. The fourth-order valence-corrected chi connectivity index (χ4v) is 6.03. The van der Waals surface area contributed by atoms with Crippen molar-refractivity contribution in [1.29, 1.82) is 0 Å². The standard InChI is InChI=1S/C23H26N4O6S/c1-16-19(23(29)32-3)21(17(2)33-16)34(30,31)26-14-12-25(13-15-26)22(28)20(27-11-7-10-24-27)18-8-5-4-6-9-18/h4-11,20H,12-15H2,1-3H3. The van der Waals surface area contributed by atoms with Gasteiger partial charge in [0.2, 0.25) is 10.0 Å². The Hall–Kier alpha value is -3.44. The average Bonchev–Trinajstić information content (AvgIpc) is 3.47. The number of piperazine rings is 1. The molecule has 10 nitrogen and oxygen atoms in total. The number of methoxy groups -OCH3 is 1. The quantitative estimate of drug-likeness (QED) is 0.490. The van der Waals surface area contributed by atoms with E-state index in [4.69, 9.17) is 9.15 Å². The first-order valence-electron chi connectivity index (χ1n) is 10.8. The van der Waals surface area contributed by atoms with Crippen molar-refractivity contribution in [3.63, 3.8) is 0 Å². The summed E-state index contributed by atoms with van der Waals surface area (Å²) in [6.45, 7) is 3.59. The number of rotatable bonds is 6. The first kappa shape index (κ1) is 23.7. The predicted octanol–water partition coefficient (Wildman–Crippen LogP) is 2.00. The van der Waals surface area contributed by atoms with Gasteiger partial charge in [-0.15, -0.1) is 0 Å². The summed E-state index contributed by atoms with van der Waals surface area (Å²) >= 11 is 0. The monoisotopic (exact) mass is 486 g/mol. The van der Waals surface area contributed by atoms with Gasteiger partial charge in [-0.3, -0.25) is 9.48 Å². The number of carbonyl (C=O) groups excluding carboxylic acids is 2. The van der Waals surface area contributed by atoms with E-state index < -0.39 is 22.0 Å². The number of ether oxygens (including phenoxy) is 1.